The Morgan fingerprint density at radius 3 is 2.61 bits per heavy atom. The molecule has 0 saturated heterocycles. The lowest BCUT2D eigenvalue weighted by molar-refractivity contribution is 0.872. The number of thioether (sulfide) groups is 1. The van der Waals surface area contributed by atoms with E-state index in [4.69, 9.17) is 0 Å². The van der Waals surface area contributed by atoms with Gasteiger partial charge in [-0.15, -0.1) is 0 Å². The molecule has 23 heavy (non-hydrogen) atoms. The Labute approximate surface area is 136 Å². The standard InChI is InChI=1S/C17H14N4OS/c1-21-14-9-5-4-8-13(14)18-15(21)10-23-17-19-12-7-3-2-6-11(12)16(22)20-17/h2-9H,10H2,1H3,(H,19,20,22). The van der Waals surface area contributed by atoms with E-state index in [-0.39, 0.29) is 5.56 Å². The van der Waals surface area contributed by atoms with Gasteiger partial charge in [-0.05, 0) is 24.3 Å². The van der Waals surface area contributed by atoms with E-state index >= 15 is 0 Å². The van der Waals surface area contributed by atoms with Crippen LogP contribution in [0, 0.1) is 0 Å². The van der Waals surface area contributed by atoms with E-state index in [1.54, 1.807) is 6.07 Å². The molecular formula is C17H14N4OS. The highest BCUT2D eigenvalue weighted by molar-refractivity contribution is 7.98. The largest absolute Gasteiger partial charge is 0.330 e. The average Bonchev–Trinajstić information content (AvgIpc) is 2.90. The van der Waals surface area contributed by atoms with Crippen molar-refractivity contribution in [2.75, 3.05) is 0 Å². The minimum absolute atomic E-state index is 0.108. The van der Waals surface area contributed by atoms with Crippen molar-refractivity contribution in [2.45, 2.75) is 10.9 Å². The van der Waals surface area contributed by atoms with Crippen LogP contribution in [0.25, 0.3) is 21.9 Å². The first kappa shape index (κ1) is 14.0. The molecular weight excluding hydrogens is 308 g/mol. The molecule has 2 aromatic carbocycles. The minimum Gasteiger partial charge on any atom is -0.330 e. The molecule has 4 aromatic rings. The molecule has 0 aliphatic rings. The van der Waals surface area contributed by atoms with Gasteiger partial charge in [-0.25, -0.2) is 9.97 Å². The lowest BCUT2D eigenvalue weighted by Crippen LogP contribution is -2.09. The fourth-order valence-electron chi connectivity index (χ4n) is 2.59. The van der Waals surface area contributed by atoms with Crippen molar-refractivity contribution < 1.29 is 0 Å². The third-order valence-corrected chi connectivity index (χ3v) is 4.68. The second kappa shape index (κ2) is 5.55. The summed E-state index contributed by atoms with van der Waals surface area (Å²) in [6.07, 6.45) is 0. The Kier molecular flexibility index (Phi) is 3.38. The van der Waals surface area contributed by atoms with Gasteiger partial charge in [0.15, 0.2) is 5.16 Å². The fourth-order valence-corrected chi connectivity index (χ4v) is 3.44. The normalized spacial score (nSPS) is 11.3. The molecule has 114 valence electrons. The van der Waals surface area contributed by atoms with Crippen LogP contribution in [0.3, 0.4) is 0 Å². The molecule has 0 bridgehead atoms. The molecule has 2 aromatic heterocycles. The third-order valence-electron chi connectivity index (χ3n) is 3.81. The van der Waals surface area contributed by atoms with E-state index in [1.165, 1.54) is 11.8 Å². The number of aromatic nitrogens is 4. The van der Waals surface area contributed by atoms with Crippen LogP contribution in [0.15, 0.2) is 58.5 Å². The maximum absolute atomic E-state index is 12.1. The summed E-state index contributed by atoms with van der Waals surface area (Å²) < 4.78 is 2.07. The highest BCUT2D eigenvalue weighted by atomic mass is 32.2. The number of hydrogen-bond acceptors (Lipinski definition) is 4. The summed E-state index contributed by atoms with van der Waals surface area (Å²) in [5.41, 5.74) is 2.68. The van der Waals surface area contributed by atoms with Gasteiger partial charge in [0.25, 0.3) is 5.56 Å². The number of fused-ring (bicyclic) bond motifs is 2. The number of rotatable bonds is 3. The summed E-state index contributed by atoms with van der Waals surface area (Å²) in [4.78, 5) is 24.1. The van der Waals surface area contributed by atoms with Crippen LogP contribution in [-0.2, 0) is 12.8 Å². The predicted molar refractivity (Wildman–Crippen MR) is 92.6 cm³/mol. The number of aromatic amines is 1. The SMILES string of the molecule is Cn1c(CSc2nc3ccccc3c(=O)[nH]2)nc2ccccc21. The van der Waals surface area contributed by atoms with Gasteiger partial charge in [0.1, 0.15) is 5.82 Å². The first-order chi connectivity index (χ1) is 11.2. The summed E-state index contributed by atoms with van der Waals surface area (Å²) in [5, 5.41) is 1.22. The lowest BCUT2D eigenvalue weighted by Gasteiger charge is -2.03. The van der Waals surface area contributed by atoms with E-state index in [1.807, 2.05) is 49.5 Å². The summed E-state index contributed by atoms with van der Waals surface area (Å²) in [5.74, 6) is 1.60. The van der Waals surface area contributed by atoms with Crippen molar-refractivity contribution in [1.29, 1.82) is 0 Å². The topological polar surface area (TPSA) is 63.6 Å². The van der Waals surface area contributed by atoms with Gasteiger partial charge < -0.3 is 9.55 Å². The van der Waals surface area contributed by atoms with Crippen molar-refractivity contribution in [3.05, 3.63) is 64.7 Å². The summed E-state index contributed by atoms with van der Waals surface area (Å²) >= 11 is 1.48. The van der Waals surface area contributed by atoms with Crippen LogP contribution in [0.4, 0.5) is 0 Å². The predicted octanol–water partition coefficient (Wildman–Crippen LogP) is 3.10. The van der Waals surface area contributed by atoms with E-state index < -0.39 is 0 Å². The zero-order valence-corrected chi connectivity index (χ0v) is 13.3. The van der Waals surface area contributed by atoms with Gasteiger partial charge in [-0.1, -0.05) is 36.0 Å². The maximum Gasteiger partial charge on any atom is 0.259 e. The van der Waals surface area contributed by atoms with Crippen LogP contribution in [0.5, 0.6) is 0 Å². The number of aryl methyl sites for hydroxylation is 1. The van der Waals surface area contributed by atoms with Crippen LogP contribution < -0.4 is 5.56 Å². The maximum atomic E-state index is 12.1. The molecule has 0 fully saturated rings. The van der Waals surface area contributed by atoms with Crippen LogP contribution >= 0.6 is 11.8 Å². The van der Waals surface area contributed by atoms with Gasteiger partial charge in [-0.3, -0.25) is 4.79 Å². The van der Waals surface area contributed by atoms with Crippen LogP contribution in [-0.4, -0.2) is 19.5 Å². The summed E-state index contributed by atoms with van der Waals surface area (Å²) in [6.45, 7) is 0. The first-order valence-corrected chi connectivity index (χ1v) is 8.23. The van der Waals surface area contributed by atoms with Gasteiger partial charge >= 0.3 is 0 Å². The van der Waals surface area contributed by atoms with Crippen molar-refractivity contribution in [2.24, 2.45) is 7.05 Å². The Morgan fingerprint density at radius 1 is 1.04 bits per heavy atom. The van der Waals surface area contributed by atoms with Gasteiger partial charge in [0.05, 0.1) is 27.7 Å². The summed E-state index contributed by atoms with van der Waals surface area (Å²) in [6, 6.07) is 15.4. The molecule has 0 unspecified atom stereocenters. The van der Waals surface area contributed by atoms with Crippen molar-refractivity contribution in [1.82, 2.24) is 19.5 Å². The highest BCUT2D eigenvalue weighted by Crippen LogP contribution is 2.22. The smallest absolute Gasteiger partial charge is 0.259 e. The quantitative estimate of drug-likeness (QED) is 0.465. The van der Waals surface area contributed by atoms with Gasteiger partial charge in [-0.2, -0.15) is 0 Å². The van der Waals surface area contributed by atoms with Gasteiger partial charge in [0, 0.05) is 7.05 Å². The molecule has 5 nitrogen and oxygen atoms in total. The summed E-state index contributed by atoms with van der Waals surface area (Å²) in [7, 11) is 2.00. The Bertz CT molecular complexity index is 1070. The highest BCUT2D eigenvalue weighted by Gasteiger charge is 2.09. The molecule has 0 atom stereocenters. The number of imidazole rings is 1. The van der Waals surface area contributed by atoms with Crippen molar-refractivity contribution >= 4 is 33.7 Å². The molecule has 0 radical (unpaired) electrons. The minimum atomic E-state index is -0.108. The van der Waals surface area contributed by atoms with E-state index in [0.717, 1.165) is 16.9 Å². The lowest BCUT2D eigenvalue weighted by atomic mass is 10.2. The number of H-pyrrole nitrogens is 1. The van der Waals surface area contributed by atoms with Crippen molar-refractivity contribution in [3.8, 4) is 0 Å². The zero-order valence-electron chi connectivity index (χ0n) is 12.5. The van der Waals surface area contributed by atoms with E-state index in [0.29, 0.717) is 21.8 Å². The molecule has 0 amide bonds. The number of nitrogens with one attached hydrogen (secondary N) is 1. The molecule has 4 rings (SSSR count). The number of benzene rings is 2. The molecule has 1 N–H and O–H groups in total. The molecule has 0 spiro atoms. The monoisotopic (exact) mass is 322 g/mol. The third kappa shape index (κ3) is 2.51. The van der Waals surface area contributed by atoms with Gasteiger partial charge in [0.2, 0.25) is 0 Å². The average molecular weight is 322 g/mol. The Balaban J connectivity index is 1.65. The van der Waals surface area contributed by atoms with E-state index in [9.17, 15) is 4.79 Å². The zero-order chi connectivity index (χ0) is 15.8. The fraction of sp³-hybridized carbons (Fsp3) is 0.118. The number of hydrogen-bond donors (Lipinski definition) is 1. The Morgan fingerprint density at radius 2 is 1.78 bits per heavy atom. The Hall–Kier alpha value is -2.60. The van der Waals surface area contributed by atoms with Crippen LogP contribution in [0.2, 0.25) is 0 Å². The second-order valence-corrected chi connectivity index (χ2v) is 6.22. The first-order valence-electron chi connectivity index (χ1n) is 7.24. The molecule has 0 saturated carbocycles. The second-order valence-electron chi connectivity index (χ2n) is 5.25. The molecule has 0 aliphatic carbocycles. The molecule has 0 aliphatic heterocycles. The number of para-hydroxylation sites is 3. The van der Waals surface area contributed by atoms with Crippen molar-refractivity contribution in [3.63, 3.8) is 0 Å². The molecule has 6 heteroatoms. The van der Waals surface area contributed by atoms with E-state index in [2.05, 4.69) is 19.5 Å². The number of nitrogens with zero attached hydrogens (tertiary/aromatic N) is 3. The molecule has 2 heterocycles. The van der Waals surface area contributed by atoms with Crippen LogP contribution in [0.1, 0.15) is 5.82 Å².